The van der Waals surface area contributed by atoms with E-state index < -0.39 is 39.1 Å². The van der Waals surface area contributed by atoms with E-state index in [1.165, 1.54) is 12.1 Å². The number of fused-ring (bicyclic) bond motifs is 1. The molecule has 0 atom stereocenters. The average Bonchev–Trinajstić information content (AvgIpc) is 3.11. The van der Waals surface area contributed by atoms with Crippen LogP contribution >= 0.6 is 0 Å². The summed E-state index contributed by atoms with van der Waals surface area (Å²) in [5.41, 5.74) is 4.41. The second-order valence-electron chi connectivity index (χ2n) is 11.1. The number of rotatable bonds is 9. The van der Waals surface area contributed by atoms with Crippen LogP contribution in [0.15, 0.2) is 127 Å². The van der Waals surface area contributed by atoms with Crippen molar-refractivity contribution in [3.8, 4) is 50.8 Å². The molecule has 5 nitrogen and oxygen atoms in total. The third-order valence-electron chi connectivity index (χ3n) is 7.83. The zero-order chi connectivity index (χ0) is 36.8. The lowest BCUT2D eigenvalue weighted by atomic mass is 9.96. The van der Waals surface area contributed by atoms with Gasteiger partial charge in [-0.3, -0.25) is 0 Å². The third-order valence-corrected chi connectivity index (χ3v) is 9.11. The Labute approximate surface area is 284 Å². The van der Waals surface area contributed by atoms with Gasteiger partial charge in [-0.15, -0.1) is 0 Å². The lowest BCUT2D eigenvalue weighted by Crippen LogP contribution is -2.63. The van der Waals surface area contributed by atoms with Gasteiger partial charge in [-0.2, -0.15) is 47.9 Å². The molecular weight excluding hydrogens is 711 g/mol. The van der Waals surface area contributed by atoms with Crippen molar-refractivity contribution in [1.82, 2.24) is 9.97 Å². The Kier molecular flexibility index (Phi) is 8.82. The van der Waals surface area contributed by atoms with Gasteiger partial charge in [0.2, 0.25) is 0 Å². The summed E-state index contributed by atoms with van der Waals surface area (Å²) < 4.78 is 150. The van der Waals surface area contributed by atoms with Crippen LogP contribution in [0.25, 0.3) is 55.8 Å². The second kappa shape index (κ2) is 12.7. The molecule has 6 aromatic rings. The summed E-state index contributed by atoms with van der Waals surface area (Å²) in [5.74, 6) is -15.4. The van der Waals surface area contributed by atoms with Gasteiger partial charge in [-0.1, -0.05) is 115 Å². The lowest BCUT2D eigenvalue weighted by molar-refractivity contribution is -0.382. The fourth-order valence-corrected chi connectivity index (χ4v) is 6.11. The molecular formula is C36H21F9N2O3S. The SMILES string of the molecule is O=S(=O)(Oc1cccc2c(-c3ccc(-c4cc(-c5ccccc5)nc(-c5ccccc5)n4)cc3)cccc12)C(F)(F)C(F)(F)C(F)(F)C(F)(F)F. The van der Waals surface area contributed by atoms with Crippen molar-refractivity contribution in [3.63, 3.8) is 0 Å². The Hall–Kier alpha value is -5.44. The van der Waals surface area contributed by atoms with Crippen LogP contribution in [0.1, 0.15) is 0 Å². The van der Waals surface area contributed by atoms with Gasteiger partial charge in [-0.05, 0) is 28.6 Å². The summed E-state index contributed by atoms with van der Waals surface area (Å²) in [7, 11) is -7.14. The van der Waals surface area contributed by atoms with Crippen molar-refractivity contribution in [2.45, 2.75) is 23.3 Å². The molecule has 0 amide bonds. The normalized spacial score (nSPS) is 13.0. The summed E-state index contributed by atoms with van der Waals surface area (Å²) in [4.78, 5) is 9.50. The predicted molar refractivity (Wildman–Crippen MR) is 172 cm³/mol. The molecule has 6 rings (SSSR count). The first kappa shape index (κ1) is 35.4. The van der Waals surface area contributed by atoms with Crippen molar-refractivity contribution in [2.75, 3.05) is 0 Å². The Morgan fingerprint density at radius 3 is 1.55 bits per heavy atom. The van der Waals surface area contributed by atoms with E-state index in [1.807, 2.05) is 66.7 Å². The molecule has 0 spiro atoms. The van der Waals surface area contributed by atoms with Crippen molar-refractivity contribution >= 4 is 20.9 Å². The van der Waals surface area contributed by atoms with Crippen LogP contribution < -0.4 is 4.18 Å². The molecule has 262 valence electrons. The number of nitrogens with zero attached hydrogens (tertiary/aromatic N) is 2. The number of halogens is 9. The van der Waals surface area contributed by atoms with E-state index in [0.717, 1.165) is 29.3 Å². The van der Waals surface area contributed by atoms with E-state index in [9.17, 15) is 47.9 Å². The summed E-state index contributed by atoms with van der Waals surface area (Å²) in [6, 6.07) is 34.7. The molecule has 0 radical (unpaired) electrons. The van der Waals surface area contributed by atoms with Gasteiger partial charge in [0.25, 0.3) is 0 Å². The first-order valence-corrected chi connectivity index (χ1v) is 16.1. The molecule has 0 N–H and O–H groups in total. The van der Waals surface area contributed by atoms with Crippen LogP contribution in [0, 0.1) is 0 Å². The molecule has 1 heterocycles. The van der Waals surface area contributed by atoms with Gasteiger partial charge in [0.15, 0.2) is 11.6 Å². The Morgan fingerprint density at radius 1 is 0.490 bits per heavy atom. The smallest absolute Gasteiger partial charge is 0.377 e. The molecule has 0 aliphatic rings. The van der Waals surface area contributed by atoms with E-state index in [1.54, 1.807) is 30.3 Å². The first-order chi connectivity index (χ1) is 23.9. The summed E-state index contributed by atoms with van der Waals surface area (Å²) >= 11 is 0. The van der Waals surface area contributed by atoms with Crippen molar-refractivity contribution < 1.29 is 52.1 Å². The fraction of sp³-hybridized carbons (Fsp3) is 0.111. The van der Waals surface area contributed by atoms with Gasteiger partial charge < -0.3 is 4.18 Å². The summed E-state index contributed by atoms with van der Waals surface area (Å²) in [6.07, 6.45) is -7.21. The maximum atomic E-state index is 14.4. The van der Waals surface area contributed by atoms with Gasteiger partial charge in [0, 0.05) is 22.1 Å². The zero-order valence-electron chi connectivity index (χ0n) is 25.6. The van der Waals surface area contributed by atoms with E-state index in [4.69, 9.17) is 9.97 Å². The van der Waals surface area contributed by atoms with E-state index >= 15 is 0 Å². The zero-order valence-corrected chi connectivity index (χ0v) is 26.4. The number of hydrogen-bond donors (Lipinski definition) is 0. The Bertz CT molecular complexity index is 2260. The standard InChI is InChI=1S/C36H21F9N2O3S/c37-33(38,35(41,42)43)34(39,40)36(44,45)51(48,49)50-31-16-8-14-27-26(13-7-15-28(27)31)22-17-19-24(20-18-22)30-21-29(23-9-3-1-4-10-23)46-32(47-30)25-11-5-2-6-12-25/h1-21H. The van der Waals surface area contributed by atoms with Crippen LogP contribution in [-0.2, 0) is 10.1 Å². The van der Waals surface area contributed by atoms with Gasteiger partial charge in [-0.25, -0.2) is 9.97 Å². The summed E-state index contributed by atoms with van der Waals surface area (Å²) in [5, 5.41) is -7.11. The topological polar surface area (TPSA) is 69.2 Å². The Balaban J connectivity index is 1.36. The van der Waals surface area contributed by atoms with Crippen LogP contribution in [0.2, 0.25) is 0 Å². The maximum absolute atomic E-state index is 14.4. The van der Waals surface area contributed by atoms with Crippen LogP contribution in [-0.4, -0.2) is 41.7 Å². The molecule has 0 unspecified atom stereocenters. The summed E-state index contributed by atoms with van der Waals surface area (Å²) in [6.45, 7) is 0. The largest absolute Gasteiger partial charge is 0.460 e. The molecule has 0 bridgehead atoms. The van der Waals surface area contributed by atoms with Gasteiger partial charge >= 0.3 is 33.4 Å². The average molecular weight is 733 g/mol. The monoisotopic (exact) mass is 732 g/mol. The first-order valence-electron chi connectivity index (χ1n) is 14.7. The minimum Gasteiger partial charge on any atom is -0.377 e. The maximum Gasteiger partial charge on any atom is 0.460 e. The number of benzene rings is 5. The quantitative estimate of drug-likeness (QED) is 0.109. The van der Waals surface area contributed by atoms with Crippen molar-refractivity contribution in [2.24, 2.45) is 0 Å². The van der Waals surface area contributed by atoms with Crippen molar-refractivity contribution in [1.29, 1.82) is 0 Å². The van der Waals surface area contributed by atoms with Crippen LogP contribution in [0.3, 0.4) is 0 Å². The highest BCUT2D eigenvalue weighted by molar-refractivity contribution is 7.88. The molecule has 5 aromatic carbocycles. The molecule has 0 aliphatic heterocycles. The van der Waals surface area contributed by atoms with Crippen LogP contribution in [0.4, 0.5) is 39.5 Å². The number of alkyl halides is 9. The molecule has 1 aromatic heterocycles. The van der Waals surface area contributed by atoms with Crippen molar-refractivity contribution in [3.05, 3.63) is 127 Å². The Morgan fingerprint density at radius 2 is 0.980 bits per heavy atom. The third kappa shape index (κ3) is 6.26. The van der Waals surface area contributed by atoms with E-state index in [0.29, 0.717) is 33.9 Å². The highest BCUT2D eigenvalue weighted by Crippen LogP contribution is 2.55. The number of hydrogen-bond acceptors (Lipinski definition) is 5. The molecule has 0 saturated carbocycles. The highest BCUT2D eigenvalue weighted by Gasteiger charge is 2.86. The van der Waals surface area contributed by atoms with E-state index in [2.05, 4.69) is 4.18 Å². The molecule has 15 heteroatoms. The second-order valence-corrected chi connectivity index (χ2v) is 12.7. The van der Waals surface area contributed by atoms with E-state index in [-0.39, 0.29) is 10.8 Å². The molecule has 51 heavy (non-hydrogen) atoms. The molecule has 0 fully saturated rings. The van der Waals surface area contributed by atoms with Gasteiger partial charge in [0.05, 0.1) is 11.4 Å². The minimum atomic E-state index is -7.43. The van der Waals surface area contributed by atoms with Gasteiger partial charge in [0.1, 0.15) is 0 Å². The fourth-order valence-electron chi connectivity index (χ4n) is 5.18. The van der Waals surface area contributed by atoms with Crippen LogP contribution in [0.5, 0.6) is 5.75 Å². The predicted octanol–water partition coefficient (Wildman–Crippen LogP) is 10.4. The lowest BCUT2D eigenvalue weighted by Gasteiger charge is -2.32. The molecule has 0 saturated heterocycles. The molecule has 0 aliphatic carbocycles. The minimum absolute atomic E-state index is 0.147. The highest BCUT2D eigenvalue weighted by atomic mass is 32.2. The number of aromatic nitrogens is 2.